The highest BCUT2D eigenvalue weighted by Crippen LogP contribution is 2.10. The Labute approximate surface area is 122 Å². The van der Waals surface area contributed by atoms with Crippen molar-refractivity contribution in [2.75, 3.05) is 26.5 Å². The first-order valence-corrected chi connectivity index (χ1v) is 7.71. The van der Waals surface area contributed by atoms with Gasteiger partial charge in [-0.05, 0) is 6.07 Å². The van der Waals surface area contributed by atoms with Gasteiger partial charge in [0.05, 0.1) is 5.69 Å². The molecule has 1 aromatic rings. The minimum atomic E-state index is -3.71. The Balaban J connectivity index is 2.70. The van der Waals surface area contributed by atoms with Crippen molar-refractivity contribution in [3.05, 3.63) is 18.0 Å². The topological polar surface area (TPSA) is 105 Å². The lowest BCUT2D eigenvalue weighted by Crippen LogP contribution is -2.30. The summed E-state index contributed by atoms with van der Waals surface area (Å²) in [6, 6.07) is 1.37. The maximum absolute atomic E-state index is 11.8. The van der Waals surface area contributed by atoms with Gasteiger partial charge in [0.15, 0.2) is 0 Å². The fourth-order valence-corrected chi connectivity index (χ4v) is 2.20. The first kappa shape index (κ1) is 16.9. The summed E-state index contributed by atoms with van der Waals surface area (Å²) in [6.07, 6.45) is 0.291. The third-order valence-corrected chi connectivity index (χ3v) is 4.23. The van der Waals surface area contributed by atoms with Crippen molar-refractivity contribution < 1.29 is 18.3 Å². The minimum absolute atomic E-state index is 0.0608. The van der Waals surface area contributed by atoms with E-state index in [4.69, 9.17) is 11.6 Å². The summed E-state index contributed by atoms with van der Waals surface area (Å²) < 4.78 is 25.3. The highest BCUT2D eigenvalue weighted by Gasteiger charge is 2.20. The molecule has 8 nitrogen and oxygen atoms in total. The monoisotopic (exact) mass is 324 g/mol. The van der Waals surface area contributed by atoms with E-state index in [2.05, 4.69) is 10.4 Å². The summed E-state index contributed by atoms with van der Waals surface area (Å²) in [5, 5.41) is 16.1. The van der Waals surface area contributed by atoms with Crippen LogP contribution >= 0.6 is 11.6 Å². The Morgan fingerprint density at radius 1 is 1.60 bits per heavy atom. The van der Waals surface area contributed by atoms with E-state index < -0.39 is 16.3 Å². The second-order valence-electron chi connectivity index (χ2n) is 4.16. The smallest absolute Gasteiger partial charge is 0.322 e. The van der Waals surface area contributed by atoms with E-state index >= 15 is 0 Å². The van der Waals surface area contributed by atoms with E-state index in [-0.39, 0.29) is 30.4 Å². The molecule has 0 spiro atoms. The van der Waals surface area contributed by atoms with Gasteiger partial charge in [-0.2, -0.15) is 21.9 Å². The van der Waals surface area contributed by atoms with Crippen LogP contribution in [0, 0.1) is 0 Å². The normalized spacial score (nSPS) is 13.4. The molecule has 114 valence electrons. The summed E-state index contributed by atoms with van der Waals surface area (Å²) in [5.41, 5.74) is 0.154. The molecule has 0 aromatic carbocycles. The number of rotatable bonds is 7. The van der Waals surface area contributed by atoms with Gasteiger partial charge in [0.1, 0.15) is 6.10 Å². The van der Waals surface area contributed by atoms with Crippen LogP contribution in [0.25, 0.3) is 0 Å². The Hall–Kier alpha value is -1.16. The predicted molar refractivity (Wildman–Crippen MR) is 73.5 cm³/mol. The molecule has 1 atom stereocenters. The van der Waals surface area contributed by atoms with E-state index in [1.165, 1.54) is 26.4 Å². The molecule has 0 saturated carbocycles. The molecule has 0 aliphatic rings. The van der Waals surface area contributed by atoms with Crippen LogP contribution in [-0.4, -0.2) is 59.4 Å². The van der Waals surface area contributed by atoms with Gasteiger partial charge in [-0.3, -0.25) is 4.79 Å². The zero-order valence-electron chi connectivity index (χ0n) is 11.2. The van der Waals surface area contributed by atoms with Crippen LogP contribution in [0.3, 0.4) is 0 Å². The number of amides is 1. The standard InChI is InChI=1S/C10H17ClN4O4S/c1-14(2)20(18,19)15-6-4-8(13-15)9(16)7-12-10(17)3-5-11/h4,6,9,16H,3,5,7H2,1-2H3,(H,12,17). The lowest BCUT2D eigenvalue weighted by atomic mass is 10.2. The maximum atomic E-state index is 11.8. The van der Waals surface area contributed by atoms with Gasteiger partial charge < -0.3 is 10.4 Å². The number of hydrogen-bond donors (Lipinski definition) is 2. The van der Waals surface area contributed by atoms with Crippen LogP contribution in [-0.2, 0) is 15.0 Å². The highest BCUT2D eigenvalue weighted by atomic mass is 35.5. The molecule has 1 rings (SSSR count). The Kier molecular flexibility index (Phi) is 5.93. The highest BCUT2D eigenvalue weighted by molar-refractivity contribution is 7.87. The summed E-state index contributed by atoms with van der Waals surface area (Å²) in [6.45, 7) is -0.0608. The number of hydrogen-bond acceptors (Lipinski definition) is 5. The molecule has 0 radical (unpaired) electrons. The molecule has 1 unspecified atom stereocenters. The van der Waals surface area contributed by atoms with E-state index in [0.29, 0.717) is 0 Å². The molecule has 0 saturated heterocycles. The number of nitrogens with one attached hydrogen (secondary N) is 1. The molecule has 2 N–H and O–H groups in total. The Morgan fingerprint density at radius 3 is 2.80 bits per heavy atom. The van der Waals surface area contributed by atoms with E-state index in [1.54, 1.807) is 0 Å². The fourth-order valence-electron chi connectivity index (χ4n) is 1.28. The van der Waals surface area contributed by atoms with E-state index in [9.17, 15) is 18.3 Å². The molecule has 1 amide bonds. The molecule has 1 heterocycles. The first-order chi connectivity index (χ1) is 9.28. The third kappa shape index (κ3) is 4.17. The molecule has 0 bridgehead atoms. The van der Waals surface area contributed by atoms with Gasteiger partial charge in [0.25, 0.3) is 0 Å². The van der Waals surface area contributed by atoms with Crippen molar-refractivity contribution in [3.63, 3.8) is 0 Å². The van der Waals surface area contributed by atoms with Gasteiger partial charge >= 0.3 is 10.2 Å². The molecule has 0 aliphatic heterocycles. The van der Waals surface area contributed by atoms with Crippen LogP contribution < -0.4 is 5.32 Å². The van der Waals surface area contributed by atoms with Crippen LogP contribution in [0.1, 0.15) is 18.2 Å². The van der Waals surface area contributed by atoms with Gasteiger partial charge in [0.2, 0.25) is 5.91 Å². The van der Waals surface area contributed by atoms with Gasteiger partial charge in [-0.15, -0.1) is 11.6 Å². The minimum Gasteiger partial charge on any atom is -0.385 e. The zero-order chi connectivity index (χ0) is 15.3. The van der Waals surface area contributed by atoms with Gasteiger partial charge in [-0.25, -0.2) is 0 Å². The largest absolute Gasteiger partial charge is 0.385 e. The second kappa shape index (κ2) is 7.02. The molecule has 10 heteroatoms. The average molecular weight is 325 g/mol. The molecule has 20 heavy (non-hydrogen) atoms. The van der Waals surface area contributed by atoms with Crippen LogP contribution in [0.15, 0.2) is 12.3 Å². The third-order valence-electron chi connectivity index (χ3n) is 2.44. The molecular formula is C10H17ClN4O4S. The molecular weight excluding hydrogens is 308 g/mol. The van der Waals surface area contributed by atoms with Crippen molar-refractivity contribution in [2.45, 2.75) is 12.5 Å². The quantitative estimate of drug-likeness (QED) is 0.646. The van der Waals surface area contributed by atoms with E-state index in [1.807, 2.05) is 0 Å². The van der Waals surface area contributed by atoms with Crippen molar-refractivity contribution in [1.29, 1.82) is 0 Å². The summed E-state index contributed by atoms with van der Waals surface area (Å²) in [5.74, 6) is -0.100. The number of nitrogens with zero attached hydrogens (tertiary/aromatic N) is 3. The van der Waals surface area contributed by atoms with Crippen LogP contribution in [0.5, 0.6) is 0 Å². The number of aliphatic hydroxyl groups excluding tert-OH is 1. The van der Waals surface area contributed by atoms with Crippen molar-refractivity contribution in [2.24, 2.45) is 0 Å². The summed E-state index contributed by atoms with van der Waals surface area (Å²) in [7, 11) is -0.957. The number of aliphatic hydroxyl groups is 1. The number of halogens is 1. The maximum Gasteiger partial charge on any atom is 0.322 e. The average Bonchev–Trinajstić information content (AvgIpc) is 2.86. The summed E-state index contributed by atoms with van der Waals surface area (Å²) >= 11 is 5.40. The molecule has 0 aliphatic carbocycles. The lowest BCUT2D eigenvalue weighted by Gasteiger charge is -2.11. The molecule has 1 aromatic heterocycles. The van der Waals surface area contributed by atoms with Gasteiger partial charge in [0, 0.05) is 39.1 Å². The van der Waals surface area contributed by atoms with Crippen LogP contribution in [0.2, 0.25) is 0 Å². The van der Waals surface area contributed by atoms with Crippen molar-refractivity contribution in [3.8, 4) is 0 Å². The Morgan fingerprint density at radius 2 is 2.25 bits per heavy atom. The SMILES string of the molecule is CN(C)S(=O)(=O)n1ccc(C(O)CNC(=O)CCCl)n1. The number of carbonyl (C=O) groups is 1. The zero-order valence-corrected chi connectivity index (χ0v) is 12.7. The fraction of sp³-hybridized carbons (Fsp3) is 0.600. The summed E-state index contributed by atoms with van der Waals surface area (Å²) in [4.78, 5) is 11.2. The number of carbonyl (C=O) groups excluding carboxylic acids is 1. The lowest BCUT2D eigenvalue weighted by molar-refractivity contribution is -0.121. The Bertz CT molecular complexity index is 557. The van der Waals surface area contributed by atoms with Crippen molar-refractivity contribution in [1.82, 2.24) is 18.8 Å². The number of aromatic nitrogens is 2. The molecule has 0 fully saturated rings. The predicted octanol–water partition coefficient (Wildman–Crippen LogP) is -0.684. The number of alkyl halides is 1. The van der Waals surface area contributed by atoms with E-state index in [0.717, 1.165) is 8.39 Å². The first-order valence-electron chi connectivity index (χ1n) is 5.78. The van der Waals surface area contributed by atoms with Crippen LogP contribution in [0.4, 0.5) is 0 Å². The van der Waals surface area contributed by atoms with Crippen molar-refractivity contribution >= 4 is 27.7 Å². The second-order valence-corrected chi connectivity index (χ2v) is 6.54. The van der Waals surface area contributed by atoms with Gasteiger partial charge in [-0.1, -0.05) is 0 Å².